The highest BCUT2D eigenvalue weighted by molar-refractivity contribution is 7.90. The Kier molecular flexibility index (Phi) is 6.80. The van der Waals surface area contributed by atoms with Crippen LogP contribution >= 0.6 is 11.6 Å². The summed E-state index contributed by atoms with van der Waals surface area (Å²) in [7, 11) is -0.257. The van der Waals surface area contributed by atoms with E-state index in [-0.39, 0.29) is 16.6 Å². The maximum absolute atomic E-state index is 12.9. The van der Waals surface area contributed by atoms with Gasteiger partial charge in [0, 0.05) is 29.7 Å². The highest BCUT2D eigenvalue weighted by Crippen LogP contribution is 2.24. The Bertz CT molecular complexity index is 1150. The van der Waals surface area contributed by atoms with Crippen LogP contribution in [0.15, 0.2) is 77.7 Å². The zero-order valence-corrected chi connectivity index (χ0v) is 18.3. The third-order valence-corrected chi connectivity index (χ3v) is 6.57. The van der Waals surface area contributed by atoms with Crippen molar-refractivity contribution in [1.82, 2.24) is 4.90 Å². The quantitative estimate of drug-likeness (QED) is 0.535. The first kappa shape index (κ1) is 21.9. The average Bonchev–Trinajstić information content (AvgIpc) is 2.74. The Morgan fingerprint density at radius 1 is 1.00 bits per heavy atom. The lowest BCUT2D eigenvalue weighted by atomic mass is 10.1. The second-order valence-corrected chi connectivity index (χ2v) is 9.32. The van der Waals surface area contributed by atoms with E-state index in [9.17, 15) is 13.2 Å². The number of carbonyl (C=O) groups is 1. The summed E-state index contributed by atoms with van der Waals surface area (Å²) in [6.07, 6.45) is 0. The fourth-order valence-corrected chi connectivity index (χ4v) is 4.69. The number of hydrogen-bond acceptors (Lipinski definition) is 4. The lowest BCUT2D eigenvalue weighted by Gasteiger charge is -2.19. The van der Waals surface area contributed by atoms with Gasteiger partial charge in [-0.3, -0.25) is 4.79 Å². The van der Waals surface area contributed by atoms with E-state index >= 15 is 0 Å². The van der Waals surface area contributed by atoms with Crippen molar-refractivity contribution in [3.8, 4) is 5.75 Å². The van der Waals surface area contributed by atoms with Crippen molar-refractivity contribution in [3.63, 3.8) is 0 Å². The van der Waals surface area contributed by atoms with Gasteiger partial charge in [-0.25, -0.2) is 8.42 Å². The van der Waals surface area contributed by atoms with Crippen LogP contribution in [-0.2, 0) is 22.1 Å². The van der Waals surface area contributed by atoms with Gasteiger partial charge in [-0.05, 0) is 48.0 Å². The van der Waals surface area contributed by atoms with Crippen LogP contribution in [0.1, 0.15) is 21.5 Å². The molecule has 3 aromatic carbocycles. The fourth-order valence-electron chi connectivity index (χ4n) is 3.14. The van der Waals surface area contributed by atoms with Gasteiger partial charge in [0.05, 0.1) is 17.8 Å². The molecule has 0 saturated heterocycles. The third-order valence-electron chi connectivity index (χ3n) is 4.63. The predicted octanol–water partition coefficient (Wildman–Crippen LogP) is 4.59. The maximum atomic E-state index is 12.9. The van der Waals surface area contributed by atoms with Gasteiger partial charge in [0.25, 0.3) is 5.91 Å². The van der Waals surface area contributed by atoms with Crippen LogP contribution in [0, 0.1) is 0 Å². The van der Waals surface area contributed by atoms with Gasteiger partial charge >= 0.3 is 0 Å². The number of nitrogens with zero attached hydrogens (tertiary/aromatic N) is 1. The largest absolute Gasteiger partial charge is 0.496 e. The van der Waals surface area contributed by atoms with Gasteiger partial charge in [-0.2, -0.15) is 0 Å². The van der Waals surface area contributed by atoms with Crippen molar-refractivity contribution in [2.45, 2.75) is 17.2 Å². The molecule has 0 saturated carbocycles. The minimum absolute atomic E-state index is 0.177. The molecular formula is C23H22ClNO4S. The van der Waals surface area contributed by atoms with Gasteiger partial charge in [-0.15, -0.1) is 0 Å². The van der Waals surface area contributed by atoms with Crippen molar-refractivity contribution in [1.29, 1.82) is 0 Å². The second-order valence-electron chi connectivity index (χ2n) is 6.89. The molecule has 0 heterocycles. The molecule has 0 aliphatic carbocycles. The molecule has 0 spiro atoms. The van der Waals surface area contributed by atoms with Crippen molar-refractivity contribution in [3.05, 3.63) is 94.5 Å². The minimum Gasteiger partial charge on any atom is -0.496 e. The van der Waals surface area contributed by atoms with Crippen LogP contribution in [0.2, 0.25) is 5.02 Å². The van der Waals surface area contributed by atoms with E-state index in [4.69, 9.17) is 16.3 Å². The summed E-state index contributed by atoms with van der Waals surface area (Å²) < 4.78 is 30.6. The number of benzene rings is 3. The lowest BCUT2D eigenvalue weighted by Crippen LogP contribution is -2.26. The van der Waals surface area contributed by atoms with E-state index in [0.29, 0.717) is 28.4 Å². The van der Waals surface area contributed by atoms with E-state index in [1.54, 1.807) is 91.9 Å². The first-order valence-electron chi connectivity index (χ1n) is 9.25. The Morgan fingerprint density at radius 2 is 1.73 bits per heavy atom. The van der Waals surface area contributed by atoms with Crippen LogP contribution in [0.5, 0.6) is 5.75 Å². The molecule has 0 atom stereocenters. The molecule has 3 rings (SSSR count). The summed E-state index contributed by atoms with van der Waals surface area (Å²) in [5, 5.41) is 0.555. The second kappa shape index (κ2) is 9.32. The summed E-state index contributed by atoms with van der Waals surface area (Å²) in [6, 6.07) is 20.2. The summed E-state index contributed by atoms with van der Waals surface area (Å²) in [5.41, 5.74) is 1.75. The van der Waals surface area contributed by atoms with Gasteiger partial charge in [0.1, 0.15) is 5.75 Å². The zero-order valence-electron chi connectivity index (χ0n) is 16.7. The molecule has 1 amide bonds. The van der Waals surface area contributed by atoms with Crippen molar-refractivity contribution in [2.24, 2.45) is 0 Å². The summed E-state index contributed by atoms with van der Waals surface area (Å²) in [4.78, 5) is 14.7. The molecule has 0 aromatic heterocycles. The molecule has 0 aliphatic heterocycles. The van der Waals surface area contributed by atoms with E-state index < -0.39 is 9.84 Å². The zero-order chi connectivity index (χ0) is 21.7. The van der Waals surface area contributed by atoms with Gasteiger partial charge in [0.2, 0.25) is 0 Å². The van der Waals surface area contributed by atoms with Gasteiger partial charge in [0.15, 0.2) is 9.84 Å². The normalized spacial score (nSPS) is 11.2. The number of amides is 1. The summed E-state index contributed by atoms with van der Waals surface area (Å²) in [6.45, 7) is 0.301. The molecule has 0 bridgehead atoms. The smallest absolute Gasteiger partial charge is 0.253 e. The molecule has 0 aliphatic rings. The molecule has 0 unspecified atom stereocenters. The highest BCUT2D eigenvalue weighted by atomic mass is 35.5. The molecule has 0 N–H and O–H groups in total. The first-order chi connectivity index (χ1) is 14.3. The van der Waals surface area contributed by atoms with Gasteiger partial charge in [-0.1, -0.05) is 41.9 Å². The molecule has 7 heteroatoms. The number of methoxy groups -OCH3 is 1. The Labute approximate surface area is 181 Å². The minimum atomic E-state index is -3.49. The van der Waals surface area contributed by atoms with E-state index in [1.807, 2.05) is 0 Å². The number of rotatable bonds is 7. The van der Waals surface area contributed by atoms with E-state index in [2.05, 4.69) is 0 Å². The maximum Gasteiger partial charge on any atom is 0.253 e. The topological polar surface area (TPSA) is 63.7 Å². The predicted molar refractivity (Wildman–Crippen MR) is 118 cm³/mol. The molecule has 0 fully saturated rings. The average molecular weight is 444 g/mol. The van der Waals surface area contributed by atoms with E-state index in [1.165, 1.54) is 0 Å². The Balaban J connectivity index is 1.78. The highest BCUT2D eigenvalue weighted by Gasteiger charge is 2.18. The Morgan fingerprint density at radius 3 is 2.43 bits per heavy atom. The molecule has 0 radical (unpaired) electrons. The molecule has 30 heavy (non-hydrogen) atoms. The first-order valence-corrected chi connectivity index (χ1v) is 11.3. The number of halogens is 1. The lowest BCUT2D eigenvalue weighted by molar-refractivity contribution is 0.0784. The summed E-state index contributed by atoms with van der Waals surface area (Å²) in [5.74, 6) is 0.238. The molecule has 3 aromatic rings. The van der Waals surface area contributed by atoms with Crippen molar-refractivity contribution in [2.75, 3.05) is 14.2 Å². The monoisotopic (exact) mass is 443 g/mol. The number of hydrogen-bond donors (Lipinski definition) is 0. The number of sulfone groups is 1. The molecule has 156 valence electrons. The fraction of sp³-hybridized carbons (Fsp3) is 0.174. The molecule has 5 nitrogen and oxygen atoms in total. The van der Waals surface area contributed by atoms with Crippen molar-refractivity contribution < 1.29 is 17.9 Å². The standard InChI is InChI=1S/C23H22ClNO4S/c1-25(15-19-14-20(24)11-12-22(19)29-2)23(26)18-8-6-7-17(13-18)16-30(27,28)21-9-4-3-5-10-21/h3-14H,15-16H2,1-2H3. The van der Waals surface area contributed by atoms with Crippen molar-refractivity contribution >= 4 is 27.3 Å². The van der Waals surface area contributed by atoms with Crippen LogP contribution in [-0.4, -0.2) is 33.4 Å². The van der Waals surface area contributed by atoms with Gasteiger partial charge < -0.3 is 9.64 Å². The SMILES string of the molecule is COc1ccc(Cl)cc1CN(C)C(=O)c1cccc(CS(=O)(=O)c2ccccc2)c1. The van der Waals surface area contributed by atoms with Crippen LogP contribution in [0.25, 0.3) is 0 Å². The van der Waals surface area contributed by atoms with Crippen LogP contribution in [0.4, 0.5) is 0 Å². The third kappa shape index (κ3) is 5.20. The van der Waals surface area contributed by atoms with Crippen LogP contribution in [0.3, 0.4) is 0 Å². The number of carbonyl (C=O) groups excluding carboxylic acids is 1. The molecular weight excluding hydrogens is 422 g/mol. The Hall–Kier alpha value is -2.83. The van der Waals surface area contributed by atoms with Crippen LogP contribution < -0.4 is 4.74 Å². The summed E-state index contributed by atoms with van der Waals surface area (Å²) >= 11 is 6.07. The number of ether oxygens (including phenoxy) is 1. The van der Waals surface area contributed by atoms with E-state index in [0.717, 1.165) is 5.56 Å².